The molecule has 5 nitrogen and oxygen atoms in total. The lowest BCUT2D eigenvalue weighted by atomic mass is 10.2. The van der Waals surface area contributed by atoms with E-state index in [0.29, 0.717) is 18.7 Å². The second kappa shape index (κ2) is 6.77. The Morgan fingerprint density at radius 3 is 2.45 bits per heavy atom. The van der Waals surface area contributed by atoms with E-state index < -0.39 is 0 Å². The number of hydrogen-bond donors (Lipinski definition) is 1. The van der Waals surface area contributed by atoms with Crippen molar-refractivity contribution in [3.63, 3.8) is 0 Å². The maximum atomic E-state index is 12.5. The van der Waals surface area contributed by atoms with Gasteiger partial charge < -0.3 is 10.6 Å². The van der Waals surface area contributed by atoms with Gasteiger partial charge in [-0.3, -0.25) is 4.79 Å². The Morgan fingerprint density at radius 1 is 1.20 bits per heavy atom. The minimum Gasteiger partial charge on any atom is -0.330 e. The molecule has 20 heavy (non-hydrogen) atoms. The predicted molar refractivity (Wildman–Crippen MR) is 78.6 cm³/mol. The number of hydrogen-bond acceptors (Lipinski definition) is 4. The Hall–Kier alpha value is -2.27. The van der Waals surface area contributed by atoms with Gasteiger partial charge in [0, 0.05) is 24.6 Å². The first-order valence-corrected chi connectivity index (χ1v) is 6.56. The van der Waals surface area contributed by atoms with Crippen LogP contribution in [0.3, 0.4) is 0 Å². The third kappa shape index (κ3) is 3.39. The molecule has 0 fully saturated rings. The van der Waals surface area contributed by atoms with Crippen molar-refractivity contribution in [2.45, 2.75) is 13.3 Å². The highest BCUT2D eigenvalue weighted by Crippen LogP contribution is 2.18. The lowest BCUT2D eigenvalue weighted by molar-refractivity contribution is 0.0986. The first kappa shape index (κ1) is 14.1. The van der Waals surface area contributed by atoms with Crippen molar-refractivity contribution in [1.29, 1.82) is 0 Å². The van der Waals surface area contributed by atoms with Crippen LogP contribution in [0.25, 0.3) is 0 Å². The van der Waals surface area contributed by atoms with Gasteiger partial charge in [0.25, 0.3) is 5.91 Å². The second-order valence-corrected chi connectivity index (χ2v) is 4.56. The molecule has 2 rings (SSSR count). The van der Waals surface area contributed by atoms with Crippen LogP contribution in [0.1, 0.15) is 22.3 Å². The molecule has 2 aromatic rings. The van der Waals surface area contributed by atoms with Gasteiger partial charge in [-0.25, -0.2) is 9.97 Å². The van der Waals surface area contributed by atoms with Crippen LogP contribution in [0, 0.1) is 6.92 Å². The number of aromatic nitrogens is 2. The number of rotatable bonds is 5. The summed E-state index contributed by atoms with van der Waals surface area (Å²) in [6.45, 7) is 3.13. The molecule has 0 aliphatic heterocycles. The van der Waals surface area contributed by atoms with E-state index in [9.17, 15) is 4.79 Å². The summed E-state index contributed by atoms with van der Waals surface area (Å²) in [4.78, 5) is 22.0. The summed E-state index contributed by atoms with van der Waals surface area (Å²) >= 11 is 0. The van der Waals surface area contributed by atoms with Gasteiger partial charge in [-0.2, -0.15) is 0 Å². The highest BCUT2D eigenvalue weighted by atomic mass is 16.2. The molecule has 0 spiro atoms. The molecule has 0 bridgehead atoms. The van der Waals surface area contributed by atoms with Crippen LogP contribution in [0.2, 0.25) is 0 Å². The molecule has 1 aromatic heterocycles. The van der Waals surface area contributed by atoms with E-state index in [1.807, 2.05) is 31.2 Å². The Labute approximate surface area is 118 Å². The largest absolute Gasteiger partial charge is 0.330 e. The smallest absolute Gasteiger partial charge is 0.261 e. The third-order valence-electron chi connectivity index (χ3n) is 2.98. The first-order chi connectivity index (χ1) is 9.72. The van der Waals surface area contributed by atoms with E-state index in [1.54, 1.807) is 4.90 Å². The van der Waals surface area contributed by atoms with Crippen LogP contribution in [0.15, 0.2) is 43.0 Å². The van der Waals surface area contributed by atoms with Gasteiger partial charge in [0.15, 0.2) is 0 Å². The van der Waals surface area contributed by atoms with Gasteiger partial charge in [0.1, 0.15) is 6.33 Å². The fourth-order valence-electron chi connectivity index (χ4n) is 1.89. The van der Waals surface area contributed by atoms with Crippen LogP contribution < -0.4 is 10.6 Å². The van der Waals surface area contributed by atoms with Gasteiger partial charge in [-0.05, 0) is 32.0 Å². The standard InChI is InChI=1S/C15H18N4O/c1-12-3-5-14(6-4-12)19(8-2-7-16)15(20)13-9-17-11-18-10-13/h3-6,9-11H,2,7-8,16H2,1H3. The molecule has 104 valence electrons. The third-order valence-corrected chi connectivity index (χ3v) is 2.98. The summed E-state index contributed by atoms with van der Waals surface area (Å²) in [5.74, 6) is -0.108. The monoisotopic (exact) mass is 270 g/mol. The fraction of sp³-hybridized carbons (Fsp3) is 0.267. The van der Waals surface area contributed by atoms with E-state index in [-0.39, 0.29) is 5.91 Å². The lowest BCUT2D eigenvalue weighted by Gasteiger charge is -2.22. The van der Waals surface area contributed by atoms with Crippen molar-refractivity contribution >= 4 is 11.6 Å². The van der Waals surface area contributed by atoms with Crippen molar-refractivity contribution in [2.24, 2.45) is 5.73 Å². The summed E-state index contributed by atoms with van der Waals surface area (Å²) in [6.07, 6.45) is 5.21. The Bertz CT molecular complexity index is 554. The van der Waals surface area contributed by atoms with Crippen LogP contribution >= 0.6 is 0 Å². The van der Waals surface area contributed by atoms with E-state index in [1.165, 1.54) is 18.7 Å². The van der Waals surface area contributed by atoms with Crippen molar-refractivity contribution in [3.8, 4) is 0 Å². The summed E-state index contributed by atoms with van der Waals surface area (Å²) in [6, 6.07) is 7.85. The zero-order valence-corrected chi connectivity index (χ0v) is 11.5. The Morgan fingerprint density at radius 2 is 1.85 bits per heavy atom. The van der Waals surface area contributed by atoms with Crippen LogP contribution in [-0.2, 0) is 0 Å². The molecule has 0 unspecified atom stereocenters. The molecule has 0 saturated carbocycles. The number of amides is 1. The van der Waals surface area contributed by atoms with Crippen molar-refractivity contribution in [1.82, 2.24) is 9.97 Å². The molecule has 0 aliphatic rings. The molecular formula is C15H18N4O. The molecule has 0 atom stereocenters. The molecule has 0 saturated heterocycles. The average molecular weight is 270 g/mol. The SMILES string of the molecule is Cc1ccc(N(CCCN)C(=O)c2cncnc2)cc1. The van der Waals surface area contributed by atoms with Gasteiger partial charge in [0.05, 0.1) is 5.56 Å². The summed E-state index contributed by atoms with van der Waals surface area (Å²) in [7, 11) is 0. The van der Waals surface area contributed by atoms with Crippen molar-refractivity contribution in [2.75, 3.05) is 18.0 Å². The maximum absolute atomic E-state index is 12.5. The zero-order valence-electron chi connectivity index (χ0n) is 11.5. The van der Waals surface area contributed by atoms with Gasteiger partial charge >= 0.3 is 0 Å². The number of anilines is 1. The fourth-order valence-corrected chi connectivity index (χ4v) is 1.89. The lowest BCUT2D eigenvalue weighted by Crippen LogP contribution is -2.33. The number of carbonyl (C=O) groups excluding carboxylic acids is 1. The maximum Gasteiger partial charge on any atom is 0.261 e. The Kier molecular flexibility index (Phi) is 4.79. The molecular weight excluding hydrogens is 252 g/mol. The molecule has 2 N–H and O–H groups in total. The topological polar surface area (TPSA) is 72.1 Å². The van der Waals surface area contributed by atoms with Crippen molar-refractivity contribution in [3.05, 3.63) is 54.1 Å². The average Bonchev–Trinajstić information content (AvgIpc) is 2.50. The number of nitrogens with zero attached hydrogens (tertiary/aromatic N) is 3. The number of carbonyl (C=O) groups is 1. The van der Waals surface area contributed by atoms with E-state index >= 15 is 0 Å². The molecule has 0 radical (unpaired) electrons. The second-order valence-electron chi connectivity index (χ2n) is 4.56. The predicted octanol–water partition coefficient (Wildman–Crippen LogP) is 1.78. The highest BCUT2D eigenvalue weighted by Gasteiger charge is 2.17. The van der Waals surface area contributed by atoms with Crippen LogP contribution in [0.5, 0.6) is 0 Å². The minimum absolute atomic E-state index is 0.108. The highest BCUT2D eigenvalue weighted by molar-refractivity contribution is 6.05. The van der Waals surface area contributed by atoms with Gasteiger partial charge in [0.2, 0.25) is 0 Å². The quantitative estimate of drug-likeness (QED) is 0.899. The van der Waals surface area contributed by atoms with Gasteiger partial charge in [-0.1, -0.05) is 17.7 Å². The molecule has 1 heterocycles. The molecule has 1 amide bonds. The van der Waals surface area contributed by atoms with Gasteiger partial charge in [-0.15, -0.1) is 0 Å². The van der Waals surface area contributed by atoms with Crippen molar-refractivity contribution < 1.29 is 4.79 Å². The summed E-state index contributed by atoms with van der Waals surface area (Å²) in [5, 5.41) is 0. The van der Waals surface area contributed by atoms with E-state index in [0.717, 1.165) is 17.7 Å². The van der Waals surface area contributed by atoms with Crippen LogP contribution in [0.4, 0.5) is 5.69 Å². The zero-order chi connectivity index (χ0) is 14.4. The minimum atomic E-state index is -0.108. The number of aryl methyl sites for hydroxylation is 1. The molecule has 5 heteroatoms. The Balaban J connectivity index is 2.27. The number of nitrogens with two attached hydrogens (primary N) is 1. The first-order valence-electron chi connectivity index (χ1n) is 6.56. The van der Waals surface area contributed by atoms with E-state index in [2.05, 4.69) is 9.97 Å². The molecule has 0 aliphatic carbocycles. The number of benzene rings is 1. The van der Waals surface area contributed by atoms with E-state index in [4.69, 9.17) is 5.73 Å². The molecule has 1 aromatic carbocycles. The summed E-state index contributed by atoms with van der Waals surface area (Å²) < 4.78 is 0. The normalized spacial score (nSPS) is 10.3. The summed E-state index contributed by atoms with van der Waals surface area (Å²) in [5.41, 5.74) is 8.05. The van der Waals surface area contributed by atoms with Crippen LogP contribution in [-0.4, -0.2) is 29.0 Å².